The molecule has 1 atom stereocenters. The number of methoxy groups -OCH3 is 2. The highest BCUT2D eigenvalue weighted by molar-refractivity contribution is 7.92. The van der Waals surface area contributed by atoms with Gasteiger partial charge in [-0.05, 0) is 54.6 Å². The maximum atomic E-state index is 13.4. The lowest BCUT2D eigenvalue weighted by Gasteiger charge is -2.31. The Hall–Kier alpha value is -3.43. The topological polar surface area (TPSA) is 148 Å². The second kappa shape index (κ2) is 13.5. The third-order valence-corrected chi connectivity index (χ3v) is 11.6. The highest BCUT2D eigenvalue weighted by Gasteiger charge is 2.32. The lowest BCUT2D eigenvalue weighted by Crippen LogP contribution is -2.47. The number of carbonyl (C=O) groups is 1. The summed E-state index contributed by atoms with van der Waals surface area (Å²) in [6.07, 6.45) is 1.35. The van der Waals surface area contributed by atoms with Crippen LogP contribution in [0.2, 0.25) is 5.02 Å². The second-order valence-corrected chi connectivity index (χ2v) is 15.2. The van der Waals surface area contributed by atoms with Gasteiger partial charge in [0.05, 0.1) is 35.3 Å². The number of amides is 1. The zero-order valence-corrected chi connectivity index (χ0v) is 26.5. The Morgan fingerprint density at radius 1 is 0.953 bits per heavy atom. The minimum atomic E-state index is -4.13. The van der Waals surface area contributed by atoms with Crippen molar-refractivity contribution >= 4 is 59.5 Å². The minimum Gasteiger partial charge on any atom is -0.493 e. The highest BCUT2D eigenvalue weighted by Crippen LogP contribution is 2.35. The zero-order valence-electron chi connectivity index (χ0n) is 23.3. The number of rotatable bonds is 11. The van der Waals surface area contributed by atoms with Gasteiger partial charge in [0.1, 0.15) is 5.37 Å². The predicted molar refractivity (Wildman–Crippen MR) is 167 cm³/mol. The number of nitrogens with one attached hydrogen (secondary N) is 2. The van der Waals surface area contributed by atoms with Crippen LogP contribution >= 0.6 is 11.6 Å². The molecule has 11 nitrogen and oxygen atoms in total. The Morgan fingerprint density at radius 2 is 1.51 bits per heavy atom. The van der Waals surface area contributed by atoms with Crippen molar-refractivity contribution in [1.82, 2.24) is 4.90 Å². The molecule has 230 valence electrons. The third-order valence-electron chi connectivity index (χ3n) is 6.67. The number of anilines is 2. The van der Waals surface area contributed by atoms with E-state index in [9.17, 15) is 25.8 Å². The summed E-state index contributed by atoms with van der Waals surface area (Å²) in [5, 5.41) is 2.03. The van der Waals surface area contributed by atoms with E-state index in [1.165, 1.54) is 81.0 Å². The lowest BCUT2D eigenvalue weighted by atomic mass is 10.1. The molecule has 0 saturated carbocycles. The average Bonchev–Trinajstić information content (AvgIpc) is 2.98. The smallest absolute Gasteiger partial charge is 0.261 e. The molecule has 1 saturated heterocycles. The number of hydrogen-bond acceptors (Lipinski definition) is 9. The Morgan fingerprint density at radius 3 is 2.07 bits per heavy atom. The SMILES string of the molecule is C=CC(N1CCS(=O)CC1)S(=O)(=O)c1ccc(NC(=O)c2cc(OC)c(OC)cc2NS(=O)(=O)c2ccc(Cl)cc2)cc1. The van der Waals surface area contributed by atoms with Gasteiger partial charge in [-0.15, -0.1) is 6.58 Å². The van der Waals surface area contributed by atoms with Crippen molar-refractivity contribution in [3.05, 3.63) is 83.9 Å². The molecule has 0 spiro atoms. The second-order valence-electron chi connectivity index (χ2n) is 9.35. The van der Waals surface area contributed by atoms with Gasteiger partial charge in [-0.25, -0.2) is 16.8 Å². The summed E-state index contributed by atoms with van der Waals surface area (Å²) < 4.78 is 77.7. The zero-order chi connectivity index (χ0) is 31.4. The van der Waals surface area contributed by atoms with E-state index < -0.39 is 41.9 Å². The van der Waals surface area contributed by atoms with Gasteiger partial charge in [-0.1, -0.05) is 17.7 Å². The summed E-state index contributed by atoms with van der Waals surface area (Å²) in [5.74, 6) is 0.438. The van der Waals surface area contributed by atoms with E-state index >= 15 is 0 Å². The van der Waals surface area contributed by atoms with Gasteiger partial charge in [0, 0.05) is 52.2 Å². The largest absolute Gasteiger partial charge is 0.493 e. The molecule has 15 heteroatoms. The van der Waals surface area contributed by atoms with Gasteiger partial charge >= 0.3 is 0 Å². The van der Waals surface area contributed by atoms with Gasteiger partial charge in [0.25, 0.3) is 15.9 Å². The quantitative estimate of drug-likeness (QED) is 0.292. The monoisotopic (exact) mass is 667 g/mol. The van der Waals surface area contributed by atoms with E-state index in [0.717, 1.165) is 0 Å². The van der Waals surface area contributed by atoms with Crippen LogP contribution in [0.15, 0.2) is 83.1 Å². The molecule has 0 radical (unpaired) electrons. The lowest BCUT2D eigenvalue weighted by molar-refractivity contribution is 0.102. The maximum absolute atomic E-state index is 13.4. The van der Waals surface area contributed by atoms with Crippen molar-refractivity contribution in [3.8, 4) is 11.5 Å². The summed E-state index contributed by atoms with van der Waals surface area (Å²) in [5.41, 5.74) is 0.0930. The number of ether oxygens (including phenoxy) is 2. The molecule has 1 amide bonds. The number of hydrogen-bond donors (Lipinski definition) is 2. The number of sulfone groups is 1. The van der Waals surface area contributed by atoms with Crippen LogP contribution in [0.3, 0.4) is 0 Å². The van der Waals surface area contributed by atoms with Crippen molar-refractivity contribution < 1.29 is 35.3 Å². The number of sulfonamides is 1. The minimum absolute atomic E-state index is 0.0182. The van der Waals surface area contributed by atoms with E-state index in [0.29, 0.717) is 29.6 Å². The molecule has 0 aromatic heterocycles. The molecule has 0 bridgehead atoms. The highest BCUT2D eigenvalue weighted by atomic mass is 35.5. The molecule has 3 aromatic carbocycles. The Kier molecular flexibility index (Phi) is 10.2. The fraction of sp³-hybridized carbons (Fsp3) is 0.250. The standard InChI is InChI=1S/C28H30ClN3O8S3/c1-4-27(32-13-15-41(34)16-14-32)42(35,36)21-11-7-20(8-12-21)30-28(33)23-17-25(39-2)26(40-3)18-24(23)31-43(37,38)22-9-5-19(29)6-10-22/h4-12,17-18,27,31H,1,13-16H2,2-3H3,(H,30,33). The molecular weight excluding hydrogens is 638 g/mol. The van der Waals surface area contributed by atoms with E-state index in [4.69, 9.17) is 21.1 Å². The van der Waals surface area contributed by atoms with Gasteiger partial charge in [-0.2, -0.15) is 0 Å². The normalized spacial score (nSPS) is 15.3. The van der Waals surface area contributed by atoms with Crippen LogP contribution in [0.4, 0.5) is 11.4 Å². The fourth-order valence-corrected chi connectivity index (χ4v) is 8.34. The van der Waals surface area contributed by atoms with Gasteiger partial charge in [-0.3, -0.25) is 18.6 Å². The number of halogens is 1. The Bertz CT molecular complexity index is 1740. The molecule has 43 heavy (non-hydrogen) atoms. The molecule has 1 aliphatic rings. The van der Waals surface area contributed by atoms with Crippen molar-refractivity contribution in [2.75, 3.05) is 48.9 Å². The average molecular weight is 668 g/mol. The van der Waals surface area contributed by atoms with Crippen molar-refractivity contribution in [2.24, 2.45) is 0 Å². The van der Waals surface area contributed by atoms with Crippen molar-refractivity contribution in [1.29, 1.82) is 0 Å². The molecular formula is C28H30ClN3O8S3. The maximum Gasteiger partial charge on any atom is 0.261 e. The summed E-state index contributed by atoms with van der Waals surface area (Å²) in [4.78, 5) is 15.1. The van der Waals surface area contributed by atoms with Crippen LogP contribution in [0.25, 0.3) is 0 Å². The molecule has 0 aliphatic carbocycles. The molecule has 2 N–H and O–H groups in total. The number of benzene rings is 3. The van der Waals surface area contributed by atoms with Crippen LogP contribution < -0.4 is 19.5 Å². The molecule has 1 aliphatic heterocycles. The van der Waals surface area contributed by atoms with Crippen LogP contribution in [-0.2, 0) is 30.7 Å². The van der Waals surface area contributed by atoms with E-state index in [1.807, 2.05) is 0 Å². The van der Waals surface area contributed by atoms with Gasteiger partial charge in [0.15, 0.2) is 21.3 Å². The summed E-state index contributed by atoms with van der Waals surface area (Å²) in [7, 11) is -6.21. The molecule has 1 heterocycles. The Labute approximate surface area is 258 Å². The van der Waals surface area contributed by atoms with Gasteiger partial charge < -0.3 is 14.8 Å². The first-order valence-corrected chi connectivity index (χ1v) is 17.7. The van der Waals surface area contributed by atoms with Crippen LogP contribution in [0, 0.1) is 0 Å². The van der Waals surface area contributed by atoms with E-state index in [-0.39, 0.29) is 38.2 Å². The number of carbonyl (C=O) groups excluding carboxylic acids is 1. The van der Waals surface area contributed by atoms with E-state index in [2.05, 4.69) is 16.6 Å². The van der Waals surface area contributed by atoms with Crippen molar-refractivity contribution in [2.45, 2.75) is 15.2 Å². The summed E-state index contributed by atoms with van der Waals surface area (Å²) in [6.45, 7) is 4.43. The third kappa shape index (κ3) is 7.39. The van der Waals surface area contributed by atoms with Gasteiger partial charge in [0.2, 0.25) is 0 Å². The predicted octanol–water partition coefficient (Wildman–Crippen LogP) is 3.76. The summed E-state index contributed by atoms with van der Waals surface area (Å²) >= 11 is 5.89. The summed E-state index contributed by atoms with van der Waals surface area (Å²) in [6, 6.07) is 13.7. The number of nitrogens with zero attached hydrogens (tertiary/aromatic N) is 1. The van der Waals surface area contributed by atoms with Crippen LogP contribution in [0.1, 0.15) is 10.4 Å². The van der Waals surface area contributed by atoms with Crippen LogP contribution in [-0.4, -0.2) is 76.0 Å². The van der Waals surface area contributed by atoms with Crippen LogP contribution in [0.5, 0.6) is 11.5 Å². The fourth-order valence-electron chi connectivity index (χ4n) is 4.41. The first-order chi connectivity index (χ1) is 20.4. The van der Waals surface area contributed by atoms with E-state index in [1.54, 1.807) is 4.90 Å². The molecule has 1 fully saturated rings. The molecule has 3 aromatic rings. The first kappa shape index (κ1) is 32.5. The molecule has 4 rings (SSSR count). The Balaban J connectivity index is 1.60. The first-order valence-electron chi connectivity index (χ1n) is 12.8. The molecule has 1 unspecified atom stereocenters. The van der Waals surface area contributed by atoms with Crippen molar-refractivity contribution in [3.63, 3.8) is 0 Å².